The van der Waals surface area contributed by atoms with E-state index in [2.05, 4.69) is 15.2 Å². The predicted octanol–water partition coefficient (Wildman–Crippen LogP) is 2.18. The second-order valence-electron chi connectivity index (χ2n) is 6.79. The van der Waals surface area contributed by atoms with Crippen LogP contribution in [0.15, 0.2) is 53.3 Å². The molecule has 1 aromatic carbocycles. The summed E-state index contributed by atoms with van der Waals surface area (Å²) < 4.78 is 13.0. The summed E-state index contributed by atoms with van der Waals surface area (Å²) in [6, 6.07) is 11.5. The van der Waals surface area contributed by atoms with Crippen LogP contribution in [0.1, 0.15) is 18.7 Å². The smallest absolute Gasteiger partial charge is 0.227 e. The Labute approximate surface area is 163 Å². The molecule has 3 heterocycles. The molecule has 1 aliphatic rings. The van der Waals surface area contributed by atoms with E-state index in [1.807, 2.05) is 52.2 Å². The summed E-state index contributed by atoms with van der Waals surface area (Å²) in [4.78, 5) is 19.0. The lowest BCUT2D eigenvalue weighted by molar-refractivity contribution is -0.132. The molecule has 8 heteroatoms. The summed E-state index contributed by atoms with van der Waals surface area (Å²) in [5.74, 6) is 1.10. The van der Waals surface area contributed by atoms with Crippen LogP contribution in [0.5, 0.6) is 0 Å². The van der Waals surface area contributed by atoms with Gasteiger partial charge in [0.25, 0.3) is 0 Å². The third-order valence-corrected chi connectivity index (χ3v) is 4.71. The van der Waals surface area contributed by atoms with Gasteiger partial charge in [-0.2, -0.15) is 10.1 Å². The lowest BCUT2D eigenvalue weighted by Gasteiger charge is -2.24. The number of nitrogens with zero attached hydrogens (tertiary/aromatic N) is 5. The maximum absolute atomic E-state index is 12.7. The molecule has 0 saturated carbocycles. The summed E-state index contributed by atoms with van der Waals surface area (Å²) >= 11 is 0. The number of hydrogen-bond donors (Lipinski definition) is 0. The highest BCUT2D eigenvalue weighted by Crippen LogP contribution is 2.16. The molecule has 0 bridgehead atoms. The molecule has 0 aliphatic carbocycles. The number of aromatic nitrogens is 4. The zero-order valence-corrected chi connectivity index (χ0v) is 15.6. The topological polar surface area (TPSA) is 86.3 Å². The van der Waals surface area contributed by atoms with Gasteiger partial charge in [-0.1, -0.05) is 35.5 Å². The molecule has 8 nitrogen and oxygen atoms in total. The van der Waals surface area contributed by atoms with Crippen molar-refractivity contribution in [3.8, 4) is 11.4 Å². The molecule has 1 amide bonds. The monoisotopic (exact) mass is 381 g/mol. The minimum atomic E-state index is -0.0561. The van der Waals surface area contributed by atoms with Gasteiger partial charge < -0.3 is 14.2 Å². The highest BCUT2D eigenvalue weighted by molar-refractivity contribution is 5.76. The second kappa shape index (κ2) is 8.79. The summed E-state index contributed by atoms with van der Waals surface area (Å²) in [5.41, 5.74) is 0.898. The number of hydrogen-bond acceptors (Lipinski definition) is 6. The average molecular weight is 381 g/mol. The Bertz CT molecular complexity index is 878. The van der Waals surface area contributed by atoms with Gasteiger partial charge in [-0.25, -0.2) is 0 Å². The zero-order valence-electron chi connectivity index (χ0n) is 15.6. The average Bonchev–Trinajstić information content (AvgIpc) is 3.35. The van der Waals surface area contributed by atoms with Gasteiger partial charge in [0.15, 0.2) is 0 Å². The standard InChI is InChI=1S/C20H23N5O3/c26-19(9-8-18-22-20(23-28-18)16-6-2-1-3-7-16)24-11-5-13-27-17(14-24)15-25-12-4-10-21-25/h1-4,6-7,10,12,17H,5,8-9,11,13-15H2. The molecule has 1 unspecified atom stereocenters. The third kappa shape index (κ3) is 4.64. The van der Waals surface area contributed by atoms with Crippen molar-refractivity contribution in [3.05, 3.63) is 54.7 Å². The van der Waals surface area contributed by atoms with Crippen molar-refractivity contribution in [2.24, 2.45) is 0 Å². The Balaban J connectivity index is 1.32. The lowest BCUT2D eigenvalue weighted by Crippen LogP contribution is -2.38. The fraction of sp³-hybridized carbons (Fsp3) is 0.400. The Morgan fingerprint density at radius 1 is 1.21 bits per heavy atom. The van der Waals surface area contributed by atoms with E-state index in [-0.39, 0.29) is 12.0 Å². The summed E-state index contributed by atoms with van der Waals surface area (Å²) in [6.45, 7) is 2.56. The van der Waals surface area contributed by atoms with Crippen LogP contribution in [0.25, 0.3) is 11.4 Å². The summed E-state index contributed by atoms with van der Waals surface area (Å²) in [5, 5.41) is 8.22. The van der Waals surface area contributed by atoms with E-state index in [9.17, 15) is 4.79 Å². The molecule has 3 aromatic rings. The van der Waals surface area contributed by atoms with Crippen molar-refractivity contribution < 1.29 is 14.1 Å². The molecule has 1 fully saturated rings. The van der Waals surface area contributed by atoms with Crippen molar-refractivity contribution >= 4 is 5.91 Å². The van der Waals surface area contributed by atoms with Crippen LogP contribution >= 0.6 is 0 Å². The van der Waals surface area contributed by atoms with Crippen LogP contribution in [0, 0.1) is 0 Å². The Hall–Kier alpha value is -3.00. The van der Waals surface area contributed by atoms with Gasteiger partial charge in [0.1, 0.15) is 0 Å². The van der Waals surface area contributed by atoms with Crippen LogP contribution in [-0.2, 0) is 22.5 Å². The van der Waals surface area contributed by atoms with Crippen LogP contribution in [0.4, 0.5) is 0 Å². The van der Waals surface area contributed by atoms with Crippen LogP contribution in [-0.4, -0.2) is 56.5 Å². The van der Waals surface area contributed by atoms with E-state index in [1.54, 1.807) is 6.20 Å². The Morgan fingerprint density at radius 3 is 2.93 bits per heavy atom. The van der Waals surface area contributed by atoms with E-state index in [0.29, 0.717) is 50.8 Å². The van der Waals surface area contributed by atoms with Crippen molar-refractivity contribution in [2.75, 3.05) is 19.7 Å². The normalized spacial score (nSPS) is 17.4. The van der Waals surface area contributed by atoms with Crippen molar-refractivity contribution in [1.82, 2.24) is 24.8 Å². The minimum Gasteiger partial charge on any atom is -0.374 e. The van der Waals surface area contributed by atoms with Crippen molar-refractivity contribution in [3.63, 3.8) is 0 Å². The van der Waals surface area contributed by atoms with Crippen molar-refractivity contribution in [1.29, 1.82) is 0 Å². The quantitative estimate of drug-likeness (QED) is 0.651. The predicted molar refractivity (Wildman–Crippen MR) is 101 cm³/mol. The number of benzene rings is 1. The Kier molecular flexibility index (Phi) is 5.77. The molecule has 1 saturated heterocycles. The van der Waals surface area contributed by atoms with Crippen LogP contribution in [0.3, 0.4) is 0 Å². The van der Waals surface area contributed by atoms with E-state index in [0.717, 1.165) is 12.0 Å². The van der Waals surface area contributed by atoms with E-state index >= 15 is 0 Å². The van der Waals surface area contributed by atoms with Gasteiger partial charge in [-0.15, -0.1) is 0 Å². The van der Waals surface area contributed by atoms with E-state index in [4.69, 9.17) is 9.26 Å². The number of carbonyl (C=O) groups excluding carboxylic acids is 1. The third-order valence-electron chi connectivity index (χ3n) is 4.71. The fourth-order valence-electron chi connectivity index (χ4n) is 3.28. The van der Waals surface area contributed by atoms with Gasteiger partial charge in [0.05, 0.1) is 12.6 Å². The van der Waals surface area contributed by atoms with Gasteiger partial charge in [0.2, 0.25) is 17.6 Å². The first-order valence-electron chi connectivity index (χ1n) is 9.53. The molecule has 146 valence electrons. The van der Waals surface area contributed by atoms with Crippen LogP contribution in [0.2, 0.25) is 0 Å². The molecule has 0 radical (unpaired) electrons. The lowest BCUT2D eigenvalue weighted by atomic mass is 10.2. The molecule has 0 spiro atoms. The minimum absolute atomic E-state index is 0.0561. The summed E-state index contributed by atoms with van der Waals surface area (Å²) in [6.07, 6.45) is 5.19. The maximum atomic E-state index is 12.7. The molecular weight excluding hydrogens is 358 g/mol. The molecule has 1 aliphatic heterocycles. The van der Waals surface area contributed by atoms with Crippen molar-refractivity contribution in [2.45, 2.75) is 31.9 Å². The highest BCUT2D eigenvalue weighted by atomic mass is 16.5. The SMILES string of the molecule is O=C(CCc1nc(-c2ccccc2)no1)N1CCCOC(Cn2cccn2)C1. The number of carbonyl (C=O) groups is 1. The first-order valence-corrected chi connectivity index (χ1v) is 9.53. The first kappa shape index (κ1) is 18.4. The van der Waals surface area contributed by atoms with Gasteiger partial charge in [-0.05, 0) is 12.5 Å². The summed E-state index contributed by atoms with van der Waals surface area (Å²) in [7, 11) is 0. The van der Waals surface area contributed by atoms with E-state index < -0.39 is 0 Å². The van der Waals surface area contributed by atoms with Crippen LogP contribution < -0.4 is 0 Å². The van der Waals surface area contributed by atoms with Gasteiger partial charge >= 0.3 is 0 Å². The van der Waals surface area contributed by atoms with Gasteiger partial charge in [0, 0.05) is 50.5 Å². The Morgan fingerprint density at radius 2 is 2.11 bits per heavy atom. The zero-order chi connectivity index (χ0) is 19.2. The molecule has 4 rings (SSSR count). The number of aryl methyl sites for hydroxylation is 1. The first-order chi connectivity index (χ1) is 13.8. The molecule has 28 heavy (non-hydrogen) atoms. The highest BCUT2D eigenvalue weighted by Gasteiger charge is 2.23. The molecule has 2 aromatic heterocycles. The fourth-order valence-corrected chi connectivity index (χ4v) is 3.28. The largest absolute Gasteiger partial charge is 0.374 e. The number of amides is 1. The van der Waals surface area contributed by atoms with Gasteiger partial charge in [-0.3, -0.25) is 9.48 Å². The van der Waals surface area contributed by atoms with E-state index in [1.165, 1.54) is 0 Å². The number of rotatable bonds is 6. The molecule has 1 atom stereocenters. The number of ether oxygens (including phenoxy) is 1. The molecule has 0 N–H and O–H groups in total. The maximum Gasteiger partial charge on any atom is 0.227 e. The molecular formula is C20H23N5O3. The second-order valence-corrected chi connectivity index (χ2v) is 6.79.